The molecule has 2 rings (SSSR count). The summed E-state index contributed by atoms with van der Waals surface area (Å²) in [6, 6.07) is 2.77. The normalized spacial score (nSPS) is 15.4. The average molecular weight is 270 g/mol. The number of hydrogen-bond acceptors (Lipinski definition) is 5. The Hall–Kier alpha value is -1.47. The van der Waals surface area contributed by atoms with Gasteiger partial charge in [-0.1, -0.05) is 0 Å². The van der Waals surface area contributed by atoms with Gasteiger partial charge in [-0.05, 0) is 25.0 Å². The fourth-order valence-corrected chi connectivity index (χ4v) is 2.44. The Morgan fingerprint density at radius 1 is 1.50 bits per heavy atom. The lowest BCUT2D eigenvalue weighted by Gasteiger charge is -2.08. The van der Waals surface area contributed by atoms with Crippen LogP contribution in [0.1, 0.15) is 18.5 Å². The van der Waals surface area contributed by atoms with Crippen LogP contribution >= 0.6 is 0 Å². The number of rotatable bonds is 4. The molecule has 1 aliphatic rings. The molecule has 0 bridgehead atoms. The molecular formula is C11H14N2O4S. The molecule has 1 aromatic rings. The first kappa shape index (κ1) is 13.0. The summed E-state index contributed by atoms with van der Waals surface area (Å²) in [6.45, 7) is -0.491. The van der Waals surface area contributed by atoms with Crippen molar-refractivity contribution in [3.63, 3.8) is 0 Å². The van der Waals surface area contributed by atoms with Gasteiger partial charge in [0.25, 0.3) is 0 Å². The fourth-order valence-electron chi connectivity index (χ4n) is 1.58. The van der Waals surface area contributed by atoms with Crippen molar-refractivity contribution in [2.75, 3.05) is 11.6 Å². The van der Waals surface area contributed by atoms with Gasteiger partial charge in [0.05, 0.1) is 17.2 Å². The smallest absolute Gasteiger partial charge is 0.228 e. The van der Waals surface area contributed by atoms with E-state index in [0.717, 1.165) is 19.1 Å². The molecule has 18 heavy (non-hydrogen) atoms. The molecule has 1 aliphatic carbocycles. The number of sulfone groups is 1. The van der Waals surface area contributed by atoms with Gasteiger partial charge in [0.1, 0.15) is 5.82 Å². The first-order chi connectivity index (χ1) is 8.41. The number of aromatic nitrogens is 1. The quantitative estimate of drug-likeness (QED) is 0.821. The van der Waals surface area contributed by atoms with Gasteiger partial charge >= 0.3 is 0 Å². The number of nitrogens with one attached hydrogen (secondary N) is 1. The van der Waals surface area contributed by atoms with E-state index in [1.807, 2.05) is 0 Å². The van der Waals surface area contributed by atoms with Crippen molar-refractivity contribution in [1.82, 2.24) is 4.98 Å². The molecule has 1 amide bonds. The number of hydrogen-bond donors (Lipinski definition) is 2. The molecule has 1 saturated carbocycles. The Labute approximate surface area is 105 Å². The highest BCUT2D eigenvalue weighted by Gasteiger charge is 2.30. The monoisotopic (exact) mass is 270 g/mol. The molecule has 1 aromatic heterocycles. The van der Waals surface area contributed by atoms with Gasteiger partial charge in [-0.2, -0.15) is 0 Å². The van der Waals surface area contributed by atoms with Gasteiger partial charge < -0.3 is 10.4 Å². The van der Waals surface area contributed by atoms with Crippen LogP contribution in [0.2, 0.25) is 0 Å². The van der Waals surface area contributed by atoms with Crippen molar-refractivity contribution in [2.45, 2.75) is 24.3 Å². The van der Waals surface area contributed by atoms with Crippen LogP contribution in [0.3, 0.4) is 0 Å². The molecule has 0 saturated heterocycles. The number of aliphatic hydroxyl groups excluding tert-OH is 1. The Kier molecular flexibility index (Phi) is 3.36. The summed E-state index contributed by atoms with van der Waals surface area (Å²) in [7, 11) is -3.43. The highest BCUT2D eigenvalue weighted by molar-refractivity contribution is 7.90. The van der Waals surface area contributed by atoms with Gasteiger partial charge in [-0.3, -0.25) is 4.79 Å². The van der Waals surface area contributed by atoms with Crippen molar-refractivity contribution in [2.24, 2.45) is 5.92 Å². The minimum absolute atomic E-state index is 0.0191. The zero-order valence-electron chi connectivity index (χ0n) is 9.88. The van der Waals surface area contributed by atoms with Crippen LogP contribution in [0.4, 0.5) is 5.82 Å². The lowest BCUT2D eigenvalue weighted by atomic mass is 10.3. The molecule has 0 aliphatic heterocycles. The third-order valence-corrected chi connectivity index (χ3v) is 3.85. The molecular weight excluding hydrogens is 256 g/mol. The average Bonchev–Trinajstić information content (AvgIpc) is 3.11. The summed E-state index contributed by atoms with van der Waals surface area (Å²) in [5.74, 6) is 0.195. The molecule has 1 fully saturated rings. The third-order valence-electron chi connectivity index (χ3n) is 2.68. The minimum atomic E-state index is -3.43. The third kappa shape index (κ3) is 2.85. The molecule has 0 radical (unpaired) electrons. The van der Waals surface area contributed by atoms with E-state index >= 15 is 0 Å². The minimum Gasteiger partial charge on any atom is -0.390 e. The first-order valence-corrected chi connectivity index (χ1v) is 7.42. The van der Waals surface area contributed by atoms with Crippen LogP contribution in [0.25, 0.3) is 0 Å². The topological polar surface area (TPSA) is 96.4 Å². The fraction of sp³-hybridized carbons (Fsp3) is 0.455. The van der Waals surface area contributed by atoms with E-state index in [4.69, 9.17) is 5.11 Å². The summed E-state index contributed by atoms with van der Waals surface area (Å²) in [5, 5.41) is 11.7. The maximum atomic E-state index is 11.5. The second-order valence-corrected chi connectivity index (χ2v) is 6.32. The Morgan fingerprint density at radius 2 is 2.17 bits per heavy atom. The molecule has 0 unspecified atom stereocenters. The number of carbonyl (C=O) groups excluding carboxylic acids is 1. The van der Waals surface area contributed by atoms with Crippen LogP contribution in [0, 0.1) is 5.92 Å². The number of nitrogens with zero attached hydrogens (tertiary/aromatic N) is 1. The second kappa shape index (κ2) is 4.66. The first-order valence-electron chi connectivity index (χ1n) is 5.53. The van der Waals surface area contributed by atoms with Crippen molar-refractivity contribution < 1.29 is 18.3 Å². The molecule has 0 spiro atoms. The highest BCUT2D eigenvalue weighted by atomic mass is 32.2. The molecule has 0 atom stereocenters. The summed E-state index contributed by atoms with van der Waals surface area (Å²) in [4.78, 5) is 15.5. The summed E-state index contributed by atoms with van der Waals surface area (Å²) in [5.41, 5.74) is 0.0473. The van der Waals surface area contributed by atoms with E-state index in [9.17, 15) is 13.2 Å². The molecule has 98 valence electrons. The van der Waals surface area contributed by atoms with E-state index in [-0.39, 0.29) is 28.2 Å². The molecule has 2 N–H and O–H groups in total. The van der Waals surface area contributed by atoms with E-state index in [0.29, 0.717) is 0 Å². The largest absolute Gasteiger partial charge is 0.390 e. The Bertz CT molecular complexity index is 579. The van der Waals surface area contributed by atoms with Crippen LogP contribution in [-0.4, -0.2) is 30.7 Å². The summed E-state index contributed by atoms with van der Waals surface area (Å²) >= 11 is 0. The lowest BCUT2D eigenvalue weighted by Crippen LogP contribution is -2.15. The maximum Gasteiger partial charge on any atom is 0.228 e. The van der Waals surface area contributed by atoms with E-state index < -0.39 is 16.4 Å². The van der Waals surface area contributed by atoms with E-state index in [2.05, 4.69) is 10.3 Å². The van der Waals surface area contributed by atoms with Crippen LogP contribution in [-0.2, 0) is 21.2 Å². The maximum absolute atomic E-state index is 11.5. The highest BCUT2D eigenvalue weighted by Crippen LogP contribution is 2.30. The second-order valence-electron chi connectivity index (χ2n) is 4.34. The molecule has 7 heteroatoms. The van der Waals surface area contributed by atoms with Gasteiger partial charge in [-0.25, -0.2) is 13.4 Å². The predicted octanol–water partition coefficient (Wildman–Crippen LogP) is 0.326. The van der Waals surface area contributed by atoms with Crippen LogP contribution in [0.15, 0.2) is 17.0 Å². The zero-order chi connectivity index (χ0) is 13.3. The predicted molar refractivity (Wildman–Crippen MR) is 64.6 cm³/mol. The number of pyridine rings is 1. The lowest BCUT2D eigenvalue weighted by molar-refractivity contribution is -0.117. The molecule has 6 nitrogen and oxygen atoms in total. The van der Waals surface area contributed by atoms with Crippen molar-refractivity contribution >= 4 is 21.6 Å². The zero-order valence-corrected chi connectivity index (χ0v) is 10.7. The standard InChI is InChI=1S/C11H14N2O4S/c1-18(16,17)9-4-5-10(12-8(9)6-14)13-11(15)7-2-3-7/h4-5,7,14H,2-3,6H2,1H3,(H,12,13,15). The Balaban J connectivity index is 2.26. The van der Waals surface area contributed by atoms with Crippen molar-refractivity contribution in [3.8, 4) is 0 Å². The summed E-state index contributed by atoms with van der Waals surface area (Å²) < 4.78 is 22.9. The Morgan fingerprint density at radius 3 is 2.67 bits per heavy atom. The van der Waals surface area contributed by atoms with Gasteiger partial charge in [0.15, 0.2) is 9.84 Å². The van der Waals surface area contributed by atoms with Crippen molar-refractivity contribution in [3.05, 3.63) is 17.8 Å². The number of anilines is 1. The van der Waals surface area contributed by atoms with Gasteiger partial charge in [-0.15, -0.1) is 0 Å². The number of aliphatic hydroxyl groups is 1. The van der Waals surface area contributed by atoms with E-state index in [1.54, 1.807) is 0 Å². The number of carbonyl (C=O) groups is 1. The molecule has 0 aromatic carbocycles. The van der Waals surface area contributed by atoms with Crippen molar-refractivity contribution in [1.29, 1.82) is 0 Å². The van der Waals surface area contributed by atoms with Crippen LogP contribution < -0.4 is 5.32 Å². The van der Waals surface area contributed by atoms with Gasteiger partial charge in [0.2, 0.25) is 5.91 Å². The van der Waals surface area contributed by atoms with E-state index in [1.165, 1.54) is 12.1 Å². The summed E-state index contributed by atoms with van der Waals surface area (Å²) in [6.07, 6.45) is 2.80. The number of amides is 1. The SMILES string of the molecule is CS(=O)(=O)c1ccc(NC(=O)C2CC2)nc1CO. The van der Waals surface area contributed by atoms with Crippen LogP contribution in [0.5, 0.6) is 0 Å². The van der Waals surface area contributed by atoms with Gasteiger partial charge in [0, 0.05) is 12.2 Å². The molecule has 1 heterocycles.